The van der Waals surface area contributed by atoms with E-state index >= 15 is 0 Å². The Bertz CT molecular complexity index is 501. The molecule has 0 aliphatic rings. The van der Waals surface area contributed by atoms with Crippen molar-refractivity contribution in [3.63, 3.8) is 0 Å². The summed E-state index contributed by atoms with van der Waals surface area (Å²) in [6, 6.07) is 7.65. The zero-order valence-corrected chi connectivity index (χ0v) is 16.9. The van der Waals surface area contributed by atoms with E-state index in [4.69, 9.17) is 0 Å². The van der Waals surface area contributed by atoms with E-state index in [1.54, 1.807) is 12.1 Å². The Balaban J connectivity index is 0.00000484. The Labute approximate surface area is 156 Å². The van der Waals surface area contributed by atoms with Gasteiger partial charge < -0.3 is 15.4 Å². The second kappa shape index (κ2) is 11.3. The van der Waals surface area contributed by atoms with Crippen molar-refractivity contribution >= 4 is 35.9 Å². The van der Waals surface area contributed by atoms with Gasteiger partial charge in [0.15, 0.2) is 5.96 Å². The van der Waals surface area contributed by atoms with Crippen LogP contribution in [0.5, 0.6) is 0 Å². The van der Waals surface area contributed by atoms with E-state index in [0.29, 0.717) is 24.1 Å². The minimum Gasteiger partial charge on any atom is -0.465 e. The van der Waals surface area contributed by atoms with Gasteiger partial charge in [0.05, 0.1) is 19.2 Å². The molecule has 1 unspecified atom stereocenters. The number of hydrogen-bond acceptors (Lipinski definition) is 3. The summed E-state index contributed by atoms with van der Waals surface area (Å²) in [7, 11) is 1.38. The monoisotopic (exact) mass is 433 g/mol. The van der Waals surface area contributed by atoms with Gasteiger partial charge in [-0.15, -0.1) is 24.0 Å². The number of halogens is 1. The van der Waals surface area contributed by atoms with E-state index in [2.05, 4.69) is 41.1 Å². The van der Waals surface area contributed by atoms with Gasteiger partial charge in [-0.1, -0.05) is 26.0 Å². The summed E-state index contributed by atoms with van der Waals surface area (Å²) < 4.78 is 4.69. The van der Waals surface area contributed by atoms with E-state index in [0.717, 1.165) is 18.1 Å². The quantitative estimate of drug-likeness (QED) is 0.313. The fourth-order valence-electron chi connectivity index (χ4n) is 1.74. The maximum atomic E-state index is 11.4. The molecule has 0 amide bonds. The fraction of sp³-hybridized carbons (Fsp3) is 0.529. The maximum Gasteiger partial charge on any atom is 0.337 e. The number of ether oxygens (including phenoxy) is 1. The number of carbonyl (C=O) groups is 1. The van der Waals surface area contributed by atoms with Crippen LogP contribution in [0.3, 0.4) is 0 Å². The second-order valence-electron chi connectivity index (χ2n) is 5.56. The van der Waals surface area contributed by atoms with E-state index in [1.807, 2.05) is 19.1 Å². The summed E-state index contributed by atoms with van der Waals surface area (Å²) >= 11 is 0. The summed E-state index contributed by atoms with van der Waals surface area (Å²) in [6.07, 6.45) is 0. The number of esters is 1. The minimum atomic E-state index is -0.323. The largest absolute Gasteiger partial charge is 0.465 e. The first-order chi connectivity index (χ1) is 10.5. The van der Waals surface area contributed by atoms with Crippen molar-refractivity contribution in [2.45, 2.75) is 40.3 Å². The van der Waals surface area contributed by atoms with Crippen molar-refractivity contribution in [1.82, 2.24) is 10.6 Å². The molecule has 1 rings (SSSR count). The Kier molecular flexibility index (Phi) is 10.6. The summed E-state index contributed by atoms with van der Waals surface area (Å²) in [5.41, 5.74) is 1.59. The van der Waals surface area contributed by atoms with E-state index in [9.17, 15) is 4.79 Å². The molecule has 0 bridgehead atoms. The lowest BCUT2D eigenvalue weighted by molar-refractivity contribution is 0.0600. The van der Waals surface area contributed by atoms with Gasteiger partial charge in [-0.05, 0) is 37.5 Å². The van der Waals surface area contributed by atoms with Crippen LogP contribution >= 0.6 is 24.0 Å². The predicted octanol–water partition coefficient (Wildman–Crippen LogP) is 3.19. The van der Waals surface area contributed by atoms with Gasteiger partial charge in [-0.25, -0.2) is 9.79 Å². The molecule has 0 aromatic heterocycles. The molecule has 0 saturated heterocycles. The van der Waals surface area contributed by atoms with Crippen molar-refractivity contribution in [2.75, 3.05) is 13.7 Å². The molecule has 130 valence electrons. The van der Waals surface area contributed by atoms with Crippen molar-refractivity contribution in [3.8, 4) is 0 Å². The van der Waals surface area contributed by atoms with Crippen LogP contribution in [0.15, 0.2) is 29.3 Å². The van der Waals surface area contributed by atoms with Gasteiger partial charge >= 0.3 is 5.97 Å². The molecule has 1 aromatic carbocycles. The smallest absolute Gasteiger partial charge is 0.337 e. The minimum absolute atomic E-state index is 0. The van der Waals surface area contributed by atoms with Crippen LogP contribution in [0.1, 0.15) is 43.6 Å². The predicted molar refractivity (Wildman–Crippen MR) is 105 cm³/mol. The number of hydrogen-bond donors (Lipinski definition) is 2. The van der Waals surface area contributed by atoms with Crippen molar-refractivity contribution in [1.29, 1.82) is 0 Å². The van der Waals surface area contributed by atoms with Crippen LogP contribution < -0.4 is 10.6 Å². The first-order valence-corrected chi connectivity index (χ1v) is 7.70. The normalized spacial score (nSPS) is 12.3. The summed E-state index contributed by atoms with van der Waals surface area (Å²) in [5, 5.41) is 6.63. The summed E-state index contributed by atoms with van der Waals surface area (Å²) in [4.78, 5) is 16.0. The van der Waals surface area contributed by atoms with Crippen molar-refractivity contribution in [2.24, 2.45) is 10.9 Å². The molecule has 0 saturated carbocycles. The van der Waals surface area contributed by atoms with Crippen LogP contribution in [-0.4, -0.2) is 31.6 Å². The maximum absolute atomic E-state index is 11.4. The Morgan fingerprint density at radius 1 is 1.22 bits per heavy atom. The van der Waals surface area contributed by atoms with Crippen molar-refractivity contribution in [3.05, 3.63) is 35.4 Å². The molecule has 0 aliphatic heterocycles. The number of methoxy groups -OCH3 is 1. The average molecular weight is 433 g/mol. The third kappa shape index (κ3) is 7.67. The fourth-order valence-corrected chi connectivity index (χ4v) is 1.74. The third-order valence-corrected chi connectivity index (χ3v) is 3.50. The number of nitrogens with one attached hydrogen (secondary N) is 2. The topological polar surface area (TPSA) is 62.7 Å². The number of carbonyl (C=O) groups excluding carboxylic acids is 1. The lowest BCUT2D eigenvalue weighted by Crippen LogP contribution is -2.44. The van der Waals surface area contributed by atoms with Gasteiger partial charge in [-0.2, -0.15) is 0 Å². The first kappa shape index (κ1) is 21.7. The SMILES string of the molecule is CCNC(=NCc1ccc(C(=O)OC)cc1)NC(C)C(C)C.I. The van der Waals surface area contributed by atoms with Gasteiger partial charge in [0, 0.05) is 12.6 Å². The van der Waals surface area contributed by atoms with Crippen LogP contribution in [0.2, 0.25) is 0 Å². The molecule has 23 heavy (non-hydrogen) atoms. The standard InChI is InChI=1S/C17H27N3O2.HI/c1-6-18-17(20-13(4)12(2)3)19-11-14-7-9-15(10-8-14)16(21)22-5;/h7-10,12-13H,6,11H2,1-5H3,(H2,18,19,20);1H. The lowest BCUT2D eigenvalue weighted by Gasteiger charge is -2.20. The Hall–Kier alpha value is -1.31. The molecule has 0 fully saturated rings. The van der Waals surface area contributed by atoms with Gasteiger partial charge in [0.2, 0.25) is 0 Å². The summed E-state index contributed by atoms with van der Waals surface area (Å²) in [5.74, 6) is 1.01. The number of rotatable bonds is 6. The molecule has 1 aromatic rings. The number of aliphatic imine (C=N–C) groups is 1. The average Bonchev–Trinajstić information content (AvgIpc) is 2.52. The Morgan fingerprint density at radius 2 is 1.83 bits per heavy atom. The highest BCUT2D eigenvalue weighted by Gasteiger charge is 2.09. The van der Waals surface area contributed by atoms with Gasteiger partial charge in [0.1, 0.15) is 0 Å². The highest BCUT2D eigenvalue weighted by atomic mass is 127. The second-order valence-corrected chi connectivity index (χ2v) is 5.56. The highest BCUT2D eigenvalue weighted by molar-refractivity contribution is 14.0. The van der Waals surface area contributed by atoms with E-state index in [1.165, 1.54) is 7.11 Å². The number of nitrogens with zero attached hydrogens (tertiary/aromatic N) is 1. The zero-order valence-electron chi connectivity index (χ0n) is 14.6. The molecule has 0 heterocycles. The van der Waals surface area contributed by atoms with Gasteiger partial charge in [0.25, 0.3) is 0 Å². The van der Waals surface area contributed by atoms with E-state index < -0.39 is 0 Å². The van der Waals surface area contributed by atoms with Crippen LogP contribution in [0, 0.1) is 5.92 Å². The van der Waals surface area contributed by atoms with Crippen molar-refractivity contribution < 1.29 is 9.53 Å². The molecule has 5 nitrogen and oxygen atoms in total. The van der Waals surface area contributed by atoms with Crippen LogP contribution in [-0.2, 0) is 11.3 Å². The summed E-state index contributed by atoms with van der Waals surface area (Å²) in [6.45, 7) is 9.91. The molecular weight excluding hydrogens is 405 g/mol. The van der Waals surface area contributed by atoms with Gasteiger partial charge in [-0.3, -0.25) is 0 Å². The molecule has 0 spiro atoms. The molecule has 0 aliphatic carbocycles. The van der Waals surface area contributed by atoms with Crippen LogP contribution in [0.4, 0.5) is 0 Å². The van der Waals surface area contributed by atoms with Crippen LogP contribution in [0.25, 0.3) is 0 Å². The zero-order chi connectivity index (χ0) is 16.5. The molecule has 2 N–H and O–H groups in total. The molecule has 1 atom stereocenters. The Morgan fingerprint density at radius 3 is 2.30 bits per heavy atom. The van der Waals surface area contributed by atoms with E-state index in [-0.39, 0.29) is 29.9 Å². The molecular formula is C17H28IN3O2. The third-order valence-electron chi connectivity index (χ3n) is 3.50. The molecule has 6 heteroatoms. The highest BCUT2D eigenvalue weighted by Crippen LogP contribution is 2.07. The first-order valence-electron chi connectivity index (χ1n) is 7.70. The number of benzene rings is 1. The molecule has 0 radical (unpaired) electrons. The lowest BCUT2D eigenvalue weighted by atomic mass is 10.1. The number of guanidine groups is 1.